The Balaban J connectivity index is 2.57. The summed E-state index contributed by atoms with van der Waals surface area (Å²) in [6, 6.07) is 0.0496. The van der Waals surface area contributed by atoms with Crippen LogP contribution < -0.4 is 5.73 Å². The van der Waals surface area contributed by atoms with Crippen LogP contribution in [0, 0.1) is 0 Å². The Morgan fingerprint density at radius 2 is 2.05 bits per heavy atom. The zero-order chi connectivity index (χ0) is 14.6. The third-order valence-electron chi connectivity index (χ3n) is 3.09. The van der Waals surface area contributed by atoms with Crippen molar-refractivity contribution in [3.05, 3.63) is 0 Å². The van der Waals surface area contributed by atoms with Gasteiger partial charge in [0, 0.05) is 19.6 Å². The van der Waals surface area contributed by atoms with E-state index in [1.165, 1.54) is 0 Å². The van der Waals surface area contributed by atoms with Crippen LogP contribution >= 0.6 is 0 Å². The van der Waals surface area contributed by atoms with Crippen molar-refractivity contribution >= 4 is 12.0 Å². The molecular weight excluding hydrogens is 246 g/mol. The molecule has 0 aromatic rings. The van der Waals surface area contributed by atoms with E-state index in [9.17, 15) is 9.59 Å². The smallest absolute Gasteiger partial charge is 0.410 e. The molecule has 19 heavy (non-hydrogen) atoms. The molecule has 0 aliphatic carbocycles. The van der Waals surface area contributed by atoms with E-state index in [1.54, 1.807) is 9.80 Å². The third kappa shape index (κ3) is 4.38. The van der Waals surface area contributed by atoms with E-state index in [1.807, 2.05) is 27.7 Å². The standard InChI is InChI=1S/C13H25N3O3/c1-5-16(11(17)8-14)10-6-7-15(9-10)12(18)19-13(2,3)4/h10H,5-9,14H2,1-4H3. The first kappa shape index (κ1) is 15.8. The highest BCUT2D eigenvalue weighted by molar-refractivity contribution is 5.78. The zero-order valence-corrected chi connectivity index (χ0v) is 12.3. The molecule has 6 nitrogen and oxygen atoms in total. The molecule has 0 aromatic carbocycles. The number of nitrogens with zero attached hydrogens (tertiary/aromatic N) is 2. The van der Waals surface area contributed by atoms with Crippen LogP contribution in [0.25, 0.3) is 0 Å². The van der Waals surface area contributed by atoms with Crippen LogP contribution in [0.2, 0.25) is 0 Å². The topological polar surface area (TPSA) is 75.9 Å². The molecule has 1 rings (SSSR count). The van der Waals surface area contributed by atoms with E-state index in [-0.39, 0.29) is 24.6 Å². The molecule has 0 aromatic heterocycles. The fourth-order valence-electron chi connectivity index (χ4n) is 2.24. The van der Waals surface area contributed by atoms with Crippen LogP contribution in [0.3, 0.4) is 0 Å². The lowest BCUT2D eigenvalue weighted by Gasteiger charge is -2.28. The average Bonchev–Trinajstić information content (AvgIpc) is 2.77. The maximum absolute atomic E-state index is 11.9. The predicted molar refractivity (Wildman–Crippen MR) is 72.7 cm³/mol. The molecular formula is C13H25N3O3. The first-order valence-electron chi connectivity index (χ1n) is 6.76. The normalized spacial score (nSPS) is 19.4. The average molecular weight is 271 g/mol. The maximum atomic E-state index is 11.9. The van der Waals surface area contributed by atoms with Crippen molar-refractivity contribution in [2.75, 3.05) is 26.2 Å². The predicted octanol–water partition coefficient (Wildman–Crippen LogP) is 0.803. The monoisotopic (exact) mass is 271 g/mol. The van der Waals surface area contributed by atoms with Gasteiger partial charge in [-0.15, -0.1) is 0 Å². The van der Waals surface area contributed by atoms with E-state index in [4.69, 9.17) is 10.5 Å². The second-order valence-electron chi connectivity index (χ2n) is 5.75. The van der Waals surface area contributed by atoms with Gasteiger partial charge in [0.1, 0.15) is 5.60 Å². The van der Waals surface area contributed by atoms with Crippen molar-refractivity contribution in [2.45, 2.75) is 45.8 Å². The van der Waals surface area contributed by atoms with Crippen molar-refractivity contribution in [2.24, 2.45) is 5.73 Å². The number of carbonyl (C=O) groups excluding carboxylic acids is 2. The fourth-order valence-corrected chi connectivity index (χ4v) is 2.24. The van der Waals surface area contributed by atoms with Gasteiger partial charge >= 0.3 is 6.09 Å². The second-order valence-corrected chi connectivity index (χ2v) is 5.75. The van der Waals surface area contributed by atoms with Crippen LogP contribution in [0.15, 0.2) is 0 Å². The number of amides is 2. The van der Waals surface area contributed by atoms with Gasteiger partial charge in [-0.2, -0.15) is 0 Å². The van der Waals surface area contributed by atoms with Crippen molar-refractivity contribution in [3.8, 4) is 0 Å². The summed E-state index contributed by atoms with van der Waals surface area (Å²) in [5.74, 6) is -0.0708. The van der Waals surface area contributed by atoms with Crippen LogP contribution in [0.1, 0.15) is 34.1 Å². The molecule has 110 valence electrons. The van der Waals surface area contributed by atoms with E-state index in [0.29, 0.717) is 19.6 Å². The van der Waals surface area contributed by atoms with Gasteiger partial charge < -0.3 is 20.3 Å². The lowest BCUT2D eigenvalue weighted by molar-refractivity contribution is -0.131. The highest BCUT2D eigenvalue weighted by atomic mass is 16.6. The molecule has 0 radical (unpaired) electrons. The number of likely N-dealkylation sites (N-methyl/N-ethyl adjacent to an activating group) is 1. The van der Waals surface area contributed by atoms with Crippen molar-refractivity contribution in [1.82, 2.24) is 9.80 Å². The minimum atomic E-state index is -0.493. The van der Waals surface area contributed by atoms with Gasteiger partial charge in [0.2, 0.25) is 5.91 Å². The Morgan fingerprint density at radius 3 is 2.53 bits per heavy atom. The molecule has 1 fully saturated rings. The van der Waals surface area contributed by atoms with E-state index in [0.717, 1.165) is 6.42 Å². The number of ether oxygens (including phenoxy) is 1. The van der Waals surface area contributed by atoms with Crippen LogP contribution in [0.5, 0.6) is 0 Å². The Labute approximate surface area is 114 Å². The van der Waals surface area contributed by atoms with Crippen molar-refractivity contribution in [3.63, 3.8) is 0 Å². The summed E-state index contributed by atoms with van der Waals surface area (Å²) in [6.07, 6.45) is 0.463. The largest absolute Gasteiger partial charge is 0.444 e. The number of rotatable bonds is 3. The van der Waals surface area contributed by atoms with Crippen molar-refractivity contribution in [1.29, 1.82) is 0 Å². The van der Waals surface area contributed by atoms with Crippen LogP contribution in [0.4, 0.5) is 4.79 Å². The van der Waals surface area contributed by atoms with Gasteiger partial charge in [-0.25, -0.2) is 4.79 Å². The van der Waals surface area contributed by atoms with Gasteiger partial charge in [-0.05, 0) is 34.1 Å². The van der Waals surface area contributed by atoms with Gasteiger partial charge in [0.15, 0.2) is 0 Å². The molecule has 0 bridgehead atoms. The molecule has 6 heteroatoms. The SMILES string of the molecule is CCN(C(=O)CN)C1CCN(C(=O)OC(C)(C)C)C1. The zero-order valence-electron chi connectivity index (χ0n) is 12.3. The van der Waals surface area contributed by atoms with Gasteiger partial charge in [-0.1, -0.05) is 0 Å². The summed E-state index contributed by atoms with van der Waals surface area (Å²) in [6.45, 7) is 9.21. The Morgan fingerprint density at radius 1 is 1.42 bits per heavy atom. The van der Waals surface area contributed by atoms with Gasteiger partial charge in [0.05, 0.1) is 12.6 Å². The maximum Gasteiger partial charge on any atom is 0.410 e. The third-order valence-corrected chi connectivity index (χ3v) is 3.09. The lowest BCUT2D eigenvalue weighted by atomic mass is 10.2. The molecule has 1 heterocycles. The van der Waals surface area contributed by atoms with E-state index in [2.05, 4.69) is 0 Å². The molecule has 1 saturated heterocycles. The molecule has 2 N–H and O–H groups in total. The van der Waals surface area contributed by atoms with Gasteiger partial charge in [0.25, 0.3) is 0 Å². The Kier molecular flexibility index (Phi) is 5.17. The van der Waals surface area contributed by atoms with E-state index < -0.39 is 5.60 Å². The quantitative estimate of drug-likeness (QED) is 0.824. The number of hydrogen-bond acceptors (Lipinski definition) is 4. The molecule has 0 spiro atoms. The highest BCUT2D eigenvalue weighted by Gasteiger charge is 2.33. The number of carbonyl (C=O) groups is 2. The van der Waals surface area contributed by atoms with E-state index >= 15 is 0 Å². The summed E-state index contributed by atoms with van der Waals surface area (Å²) in [7, 11) is 0. The van der Waals surface area contributed by atoms with Crippen LogP contribution in [-0.2, 0) is 9.53 Å². The second kappa shape index (κ2) is 6.23. The Hall–Kier alpha value is -1.30. The van der Waals surface area contributed by atoms with Crippen LogP contribution in [-0.4, -0.2) is 59.6 Å². The van der Waals surface area contributed by atoms with Gasteiger partial charge in [-0.3, -0.25) is 4.79 Å². The summed E-state index contributed by atoms with van der Waals surface area (Å²) in [5.41, 5.74) is 4.90. The molecule has 1 atom stereocenters. The summed E-state index contributed by atoms with van der Waals surface area (Å²) in [4.78, 5) is 27.0. The lowest BCUT2D eigenvalue weighted by Crippen LogP contribution is -2.45. The molecule has 1 aliphatic rings. The summed E-state index contributed by atoms with van der Waals surface area (Å²) >= 11 is 0. The first-order chi connectivity index (χ1) is 8.78. The molecule has 2 amide bonds. The molecule has 0 saturated carbocycles. The Bertz CT molecular complexity index is 339. The first-order valence-corrected chi connectivity index (χ1v) is 6.76. The number of hydrogen-bond donors (Lipinski definition) is 1. The molecule has 1 aliphatic heterocycles. The van der Waals surface area contributed by atoms with Crippen molar-refractivity contribution < 1.29 is 14.3 Å². The minimum Gasteiger partial charge on any atom is -0.444 e. The summed E-state index contributed by atoms with van der Waals surface area (Å²) < 4.78 is 5.33. The molecule has 1 unspecified atom stereocenters. The summed E-state index contributed by atoms with van der Waals surface area (Å²) in [5, 5.41) is 0. The fraction of sp³-hybridized carbons (Fsp3) is 0.846. The minimum absolute atomic E-state index is 0.0107. The number of nitrogens with two attached hydrogens (primary N) is 1. The highest BCUT2D eigenvalue weighted by Crippen LogP contribution is 2.18. The number of likely N-dealkylation sites (tertiary alicyclic amines) is 1.